The fourth-order valence-corrected chi connectivity index (χ4v) is 2.73. The van der Waals surface area contributed by atoms with Crippen LogP contribution >= 0.6 is 0 Å². The summed E-state index contributed by atoms with van der Waals surface area (Å²) in [5, 5.41) is 0. The van der Waals surface area contributed by atoms with Crippen molar-refractivity contribution in [2.45, 2.75) is 11.8 Å². The van der Waals surface area contributed by atoms with Gasteiger partial charge in [0.05, 0.1) is 16.8 Å². The van der Waals surface area contributed by atoms with E-state index in [-0.39, 0.29) is 5.75 Å². The lowest BCUT2D eigenvalue weighted by molar-refractivity contribution is -0.137. The average molecular weight is 241 g/mol. The molecule has 0 radical (unpaired) electrons. The van der Waals surface area contributed by atoms with E-state index in [1.807, 2.05) is 19.1 Å². The van der Waals surface area contributed by atoms with Crippen LogP contribution in [0.25, 0.3) is 0 Å². The van der Waals surface area contributed by atoms with Crippen LogP contribution in [0.4, 0.5) is 0 Å². The van der Waals surface area contributed by atoms with Crippen LogP contribution in [0.3, 0.4) is 0 Å². The van der Waals surface area contributed by atoms with Crippen LogP contribution in [-0.2, 0) is 19.3 Å². The van der Waals surface area contributed by atoms with Crippen molar-refractivity contribution in [1.82, 2.24) is 0 Å². The van der Waals surface area contributed by atoms with Crippen LogP contribution in [0, 0.1) is 6.92 Å². The zero-order chi connectivity index (χ0) is 12.2. The van der Waals surface area contributed by atoms with Crippen LogP contribution in [0.2, 0.25) is 0 Å². The number of carbonyl (C=O) groups is 1. The highest BCUT2D eigenvalue weighted by molar-refractivity contribution is 7.94. The Kier molecular flexibility index (Phi) is 4.06. The molecule has 0 aliphatic heterocycles. The lowest BCUT2D eigenvalue weighted by Crippen LogP contribution is -2.17. The minimum absolute atomic E-state index is 0.205. The summed E-state index contributed by atoms with van der Waals surface area (Å²) < 4.78 is 20.7. The van der Waals surface area contributed by atoms with E-state index in [1.165, 1.54) is 14.2 Å². The Balaban J connectivity index is 3.12. The molecule has 1 aromatic rings. The number of methoxy groups -OCH3 is 1. The second kappa shape index (κ2) is 5.12. The number of hydrogen-bond donors (Lipinski definition) is 0. The van der Waals surface area contributed by atoms with Gasteiger partial charge in [0.2, 0.25) is 0 Å². The molecular weight excluding hydrogens is 226 g/mol. The fourth-order valence-electron chi connectivity index (χ4n) is 1.22. The molecule has 0 N–H and O–H groups in total. The van der Waals surface area contributed by atoms with Crippen molar-refractivity contribution in [3.63, 3.8) is 0 Å². The highest BCUT2D eigenvalue weighted by Crippen LogP contribution is 2.14. The maximum atomic E-state index is 12.4. The summed E-state index contributed by atoms with van der Waals surface area (Å²) >= 11 is 0. The summed E-state index contributed by atoms with van der Waals surface area (Å²) in [4.78, 5) is 11.7. The second-order valence-corrected chi connectivity index (χ2v) is 5.76. The predicted molar refractivity (Wildman–Crippen MR) is 62.8 cm³/mol. The molecule has 0 fully saturated rings. The Morgan fingerprint density at radius 3 is 2.38 bits per heavy atom. The standard InChI is InChI=1S/C11H15NO3S/c1-9-4-6-10(7-5-9)16(14,12-2)8-11(13)15-3/h4-7H,8H2,1-3H3/t16-/m1/s1. The summed E-state index contributed by atoms with van der Waals surface area (Å²) in [6.07, 6.45) is 0. The summed E-state index contributed by atoms with van der Waals surface area (Å²) in [6, 6.07) is 7.15. The van der Waals surface area contributed by atoms with E-state index in [0.29, 0.717) is 4.90 Å². The Bertz CT molecular complexity index is 484. The lowest BCUT2D eigenvalue weighted by atomic mass is 10.2. The molecule has 1 atom stereocenters. The fraction of sp³-hybridized carbons (Fsp3) is 0.364. The third-order valence-corrected chi connectivity index (χ3v) is 4.45. The topological polar surface area (TPSA) is 55.7 Å². The largest absolute Gasteiger partial charge is 0.468 e. The molecule has 0 aliphatic carbocycles. The predicted octanol–water partition coefficient (Wildman–Crippen LogP) is 1.62. The molecule has 16 heavy (non-hydrogen) atoms. The zero-order valence-corrected chi connectivity index (χ0v) is 10.4. The first kappa shape index (κ1) is 12.7. The van der Waals surface area contributed by atoms with Gasteiger partial charge in [-0.05, 0) is 19.1 Å². The number of nitrogens with zero attached hydrogens (tertiary/aromatic N) is 1. The van der Waals surface area contributed by atoms with Gasteiger partial charge in [-0.15, -0.1) is 0 Å². The summed E-state index contributed by atoms with van der Waals surface area (Å²) in [5.74, 6) is -0.723. The molecular formula is C11H15NO3S. The van der Waals surface area contributed by atoms with E-state index in [9.17, 15) is 9.00 Å². The maximum Gasteiger partial charge on any atom is 0.319 e. The summed E-state index contributed by atoms with van der Waals surface area (Å²) in [5.41, 5.74) is 1.07. The van der Waals surface area contributed by atoms with Crippen molar-refractivity contribution < 1.29 is 13.7 Å². The first-order chi connectivity index (χ1) is 7.51. The monoisotopic (exact) mass is 241 g/mol. The van der Waals surface area contributed by atoms with E-state index >= 15 is 0 Å². The first-order valence-corrected chi connectivity index (χ1v) is 6.46. The van der Waals surface area contributed by atoms with Crippen molar-refractivity contribution in [3.8, 4) is 0 Å². The van der Waals surface area contributed by atoms with E-state index in [1.54, 1.807) is 12.1 Å². The first-order valence-electron chi connectivity index (χ1n) is 4.78. The van der Waals surface area contributed by atoms with Gasteiger partial charge in [0.1, 0.15) is 5.75 Å². The van der Waals surface area contributed by atoms with Gasteiger partial charge < -0.3 is 4.74 Å². The van der Waals surface area contributed by atoms with Gasteiger partial charge in [-0.3, -0.25) is 4.79 Å². The molecule has 0 unspecified atom stereocenters. The minimum atomic E-state index is -2.68. The number of benzene rings is 1. The Morgan fingerprint density at radius 2 is 1.94 bits per heavy atom. The van der Waals surface area contributed by atoms with Crippen molar-refractivity contribution in [1.29, 1.82) is 0 Å². The highest BCUT2D eigenvalue weighted by atomic mass is 32.2. The number of esters is 1. The molecule has 0 saturated heterocycles. The molecule has 0 bridgehead atoms. The van der Waals surface area contributed by atoms with Crippen LogP contribution in [0.1, 0.15) is 5.56 Å². The normalized spacial score (nSPS) is 13.9. The van der Waals surface area contributed by atoms with Crippen LogP contribution in [0.15, 0.2) is 33.5 Å². The SMILES string of the molecule is CN=[S@@](=O)(CC(=O)OC)c1ccc(C)cc1. The Morgan fingerprint density at radius 1 is 1.38 bits per heavy atom. The van der Waals surface area contributed by atoms with Gasteiger partial charge in [-0.2, -0.15) is 0 Å². The van der Waals surface area contributed by atoms with Crippen molar-refractivity contribution in [3.05, 3.63) is 29.8 Å². The van der Waals surface area contributed by atoms with Crippen molar-refractivity contribution >= 4 is 15.7 Å². The molecule has 0 spiro atoms. The molecule has 1 rings (SSSR count). The van der Waals surface area contributed by atoms with Gasteiger partial charge >= 0.3 is 5.97 Å². The summed E-state index contributed by atoms with van der Waals surface area (Å²) in [7, 11) is 0.0371. The lowest BCUT2D eigenvalue weighted by Gasteiger charge is -2.08. The second-order valence-electron chi connectivity index (χ2n) is 3.36. The maximum absolute atomic E-state index is 12.4. The van der Waals surface area contributed by atoms with E-state index in [2.05, 4.69) is 9.10 Å². The van der Waals surface area contributed by atoms with Crippen LogP contribution in [0.5, 0.6) is 0 Å². The zero-order valence-electron chi connectivity index (χ0n) is 9.60. The van der Waals surface area contributed by atoms with Crippen LogP contribution < -0.4 is 0 Å². The molecule has 5 heteroatoms. The molecule has 88 valence electrons. The van der Waals surface area contributed by atoms with Crippen molar-refractivity contribution in [2.24, 2.45) is 4.36 Å². The third-order valence-electron chi connectivity index (χ3n) is 2.23. The quantitative estimate of drug-likeness (QED) is 0.756. The van der Waals surface area contributed by atoms with Crippen LogP contribution in [-0.4, -0.2) is 30.1 Å². The molecule has 0 heterocycles. The average Bonchev–Trinajstić information content (AvgIpc) is 2.29. The summed E-state index contributed by atoms with van der Waals surface area (Å²) in [6.45, 7) is 1.94. The highest BCUT2D eigenvalue weighted by Gasteiger charge is 2.16. The third kappa shape index (κ3) is 2.82. The molecule has 0 aliphatic rings. The van der Waals surface area contributed by atoms with E-state index in [0.717, 1.165) is 5.56 Å². The van der Waals surface area contributed by atoms with Gasteiger partial charge in [0.25, 0.3) is 0 Å². The molecule has 1 aromatic carbocycles. The van der Waals surface area contributed by atoms with Crippen molar-refractivity contribution in [2.75, 3.05) is 19.9 Å². The number of aryl methyl sites for hydroxylation is 1. The Hall–Kier alpha value is -1.36. The number of rotatable bonds is 3. The molecule has 0 amide bonds. The number of ether oxygens (including phenoxy) is 1. The molecule has 4 nitrogen and oxygen atoms in total. The van der Waals surface area contributed by atoms with Gasteiger partial charge in [-0.1, -0.05) is 17.7 Å². The smallest absolute Gasteiger partial charge is 0.319 e. The van der Waals surface area contributed by atoms with E-state index in [4.69, 9.17) is 0 Å². The molecule has 0 aromatic heterocycles. The van der Waals surface area contributed by atoms with Gasteiger partial charge in [0, 0.05) is 11.9 Å². The van der Waals surface area contributed by atoms with Gasteiger partial charge in [-0.25, -0.2) is 8.57 Å². The number of carbonyl (C=O) groups excluding carboxylic acids is 1. The Labute approximate surface area is 95.8 Å². The minimum Gasteiger partial charge on any atom is -0.468 e. The number of hydrogen-bond acceptors (Lipinski definition) is 4. The van der Waals surface area contributed by atoms with Gasteiger partial charge in [0.15, 0.2) is 0 Å². The molecule has 0 saturated carbocycles. The van der Waals surface area contributed by atoms with E-state index < -0.39 is 15.7 Å².